The first kappa shape index (κ1) is 6.37. The molecular weight excluding hydrogens is 114 g/mol. The fourth-order valence-corrected chi connectivity index (χ4v) is 0.897. The summed E-state index contributed by atoms with van der Waals surface area (Å²) in [6.45, 7) is 0. The van der Waals surface area contributed by atoms with Crippen molar-refractivity contribution in [2.45, 2.75) is 12.8 Å². The van der Waals surface area contributed by atoms with Crippen molar-refractivity contribution in [2.75, 3.05) is 14.1 Å². The first-order valence-electron chi connectivity index (χ1n) is 3.18. The lowest BCUT2D eigenvalue weighted by atomic mass is 10.3. The van der Waals surface area contributed by atoms with Gasteiger partial charge in [0.25, 0.3) is 0 Å². The zero-order valence-corrected chi connectivity index (χ0v) is 5.85. The molecule has 0 radical (unpaired) electrons. The normalized spacial score (nSPS) is 16.7. The van der Waals surface area contributed by atoms with Crippen LogP contribution >= 0.6 is 0 Å². The van der Waals surface area contributed by atoms with Gasteiger partial charge < -0.3 is 4.90 Å². The average Bonchev–Trinajstić information content (AvgIpc) is 2.50. The molecule has 0 amide bonds. The molecule has 1 aliphatic rings. The second-order valence-corrected chi connectivity index (χ2v) is 2.66. The molecule has 1 saturated carbocycles. The maximum absolute atomic E-state index is 10.2. The quantitative estimate of drug-likeness (QED) is 0.506. The molecular formula is C7H11NO. The van der Waals surface area contributed by atoms with E-state index in [1.54, 1.807) is 0 Å². The van der Waals surface area contributed by atoms with E-state index in [1.165, 1.54) is 12.8 Å². The third kappa shape index (κ3) is 1.33. The van der Waals surface area contributed by atoms with E-state index >= 15 is 0 Å². The monoisotopic (exact) mass is 125 g/mol. The summed E-state index contributed by atoms with van der Waals surface area (Å²) in [5.74, 6) is 2.48. The Kier molecular flexibility index (Phi) is 1.58. The molecule has 2 nitrogen and oxygen atoms in total. The van der Waals surface area contributed by atoms with Crippen molar-refractivity contribution in [2.24, 2.45) is 5.92 Å². The highest BCUT2D eigenvalue weighted by Gasteiger charge is 2.28. The van der Waals surface area contributed by atoms with Gasteiger partial charge in [0.05, 0.1) is 0 Å². The van der Waals surface area contributed by atoms with Crippen LogP contribution in [0.15, 0.2) is 5.70 Å². The first-order valence-corrected chi connectivity index (χ1v) is 3.18. The van der Waals surface area contributed by atoms with Crippen molar-refractivity contribution in [1.82, 2.24) is 4.90 Å². The van der Waals surface area contributed by atoms with Gasteiger partial charge in [-0.05, 0) is 12.8 Å². The highest BCUT2D eigenvalue weighted by atomic mass is 16.1. The van der Waals surface area contributed by atoms with Gasteiger partial charge in [-0.3, -0.25) is 0 Å². The summed E-state index contributed by atoms with van der Waals surface area (Å²) in [5.41, 5.74) is 0.829. The minimum absolute atomic E-state index is 0.525. The minimum atomic E-state index is 0.525. The van der Waals surface area contributed by atoms with Crippen LogP contribution in [-0.4, -0.2) is 24.9 Å². The summed E-state index contributed by atoms with van der Waals surface area (Å²) in [5, 5.41) is 0. The molecule has 50 valence electrons. The molecule has 0 atom stereocenters. The number of carbonyl (C=O) groups excluding carboxylic acids is 1. The molecule has 2 heteroatoms. The van der Waals surface area contributed by atoms with Gasteiger partial charge in [-0.1, -0.05) is 0 Å². The van der Waals surface area contributed by atoms with Crippen molar-refractivity contribution >= 4 is 5.94 Å². The molecule has 0 heterocycles. The number of nitrogens with zero attached hydrogens (tertiary/aromatic N) is 1. The Morgan fingerprint density at radius 1 is 1.56 bits per heavy atom. The summed E-state index contributed by atoms with van der Waals surface area (Å²) in [6.07, 6.45) is 2.34. The predicted octanol–water partition coefficient (Wildman–Crippen LogP) is 0.673. The van der Waals surface area contributed by atoms with E-state index in [0.29, 0.717) is 5.92 Å². The van der Waals surface area contributed by atoms with Gasteiger partial charge in [0, 0.05) is 20.0 Å². The van der Waals surface area contributed by atoms with Crippen LogP contribution in [0.25, 0.3) is 0 Å². The molecule has 0 aromatic carbocycles. The molecule has 0 bridgehead atoms. The van der Waals surface area contributed by atoms with Gasteiger partial charge in [0.2, 0.25) is 0 Å². The van der Waals surface area contributed by atoms with Gasteiger partial charge in [-0.2, -0.15) is 0 Å². The van der Waals surface area contributed by atoms with Gasteiger partial charge in [0.15, 0.2) is 0 Å². The number of rotatable bonds is 2. The third-order valence-electron chi connectivity index (χ3n) is 1.55. The van der Waals surface area contributed by atoms with Crippen LogP contribution in [0.2, 0.25) is 0 Å². The fraction of sp³-hybridized carbons (Fsp3) is 0.714. The minimum Gasteiger partial charge on any atom is -0.372 e. The molecule has 0 aliphatic heterocycles. The standard InChI is InChI=1S/C7H11NO/c1-8(2)7(5-9)6-3-4-6/h6H,3-4H2,1-2H3. The topological polar surface area (TPSA) is 20.3 Å². The van der Waals surface area contributed by atoms with Gasteiger partial charge in [-0.15, -0.1) is 0 Å². The Morgan fingerprint density at radius 2 is 2.11 bits per heavy atom. The molecule has 0 aromatic rings. The van der Waals surface area contributed by atoms with Crippen LogP contribution in [0.5, 0.6) is 0 Å². The Labute approximate surface area is 55.2 Å². The maximum atomic E-state index is 10.2. The maximum Gasteiger partial charge on any atom is 0.146 e. The molecule has 0 unspecified atom stereocenters. The highest BCUT2D eigenvalue weighted by Crippen LogP contribution is 2.35. The van der Waals surface area contributed by atoms with Crippen molar-refractivity contribution in [3.05, 3.63) is 5.70 Å². The number of hydrogen-bond acceptors (Lipinski definition) is 2. The van der Waals surface area contributed by atoms with E-state index in [2.05, 4.69) is 0 Å². The molecule has 0 spiro atoms. The Bertz CT molecular complexity index is 148. The Hall–Kier alpha value is -0.750. The molecule has 1 fully saturated rings. The third-order valence-corrected chi connectivity index (χ3v) is 1.55. The zero-order chi connectivity index (χ0) is 6.85. The zero-order valence-electron chi connectivity index (χ0n) is 5.85. The van der Waals surface area contributed by atoms with Crippen LogP contribution in [0.4, 0.5) is 0 Å². The largest absolute Gasteiger partial charge is 0.372 e. The second-order valence-electron chi connectivity index (χ2n) is 2.66. The fourth-order valence-electron chi connectivity index (χ4n) is 0.897. The van der Waals surface area contributed by atoms with Crippen molar-refractivity contribution in [3.8, 4) is 0 Å². The van der Waals surface area contributed by atoms with Crippen molar-refractivity contribution in [3.63, 3.8) is 0 Å². The SMILES string of the molecule is CN(C)C(=C=O)C1CC1. The lowest BCUT2D eigenvalue weighted by Gasteiger charge is -2.10. The molecule has 0 saturated heterocycles. The summed E-state index contributed by atoms with van der Waals surface area (Å²) in [4.78, 5) is 12.1. The Balaban J connectivity index is 2.59. The molecule has 9 heavy (non-hydrogen) atoms. The van der Waals surface area contributed by atoms with Crippen molar-refractivity contribution < 1.29 is 4.79 Å². The average molecular weight is 125 g/mol. The van der Waals surface area contributed by atoms with Crippen LogP contribution in [0.1, 0.15) is 12.8 Å². The van der Waals surface area contributed by atoms with Crippen LogP contribution in [0.3, 0.4) is 0 Å². The van der Waals surface area contributed by atoms with Crippen molar-refractivity contribution in [1.29, 1.82) is 0 Å². The number of hydrogen-bond donors (Lipinski definition) is 0. The molecule has 0 aromatic heterocycles. The summed E-state index contributed by atoms with van der Waals surface area (Å²) in [6, 6.07) is 0. The summed E-state index contributed by atoms with van der Waals surface area (Å²) < 4.78 is 0. The van der Waals surface area contributed by atoms with Gasteiger partial charge in [0.1, 0.15) is 11.6 Å². The first-order chi connectivity index (χ1) is 4.25. The smallest absolute Gasteiger partial charge is 0.146 e. The molecule has 1 aliphatic carbocycles. The van der Waals surface area contributed by atoms with E-state index in [0.717, 1.165) is 5.70 Å². The van der Waals surface area contributed by atoms with Gasteiger partial charge in [-0.25, -0.2) is 4.79 Å². The van der Waals surface area contributed by atoms with E-state index in [-0.39, 0.29) is 0 Å². The predicted molar refractivity (Wildman–Crippen MR) is 35.6 cm³/mol. The molecule has 0 N–H and O–H groups in total. The second kappa shape index (κ2) is 2.24. The lowest BCUT2D eigenvalue weighted by molar-refractivity contribution is 0.474. The molecule has 1 rings (SSSR count). The van der Waals surface area contributed by atoms with E-state index in [1.807, 2.05) is 24.9 Å². The summed E-state index contributed by atoms with van der Waals surface area (Å²) in [7, 11) is 3.77. The van der Waals surface area contributed by atoms with E-state index in [9.17, 15) is 4.79 Å². The number of allylic oxidation sites excluding steroid dienone is 1. The van der Waals surface area contributed by atoms with Crippen LogP contribution in [-0.2, 0) is 4.79 Å². The van der Waals surface area contributed by atoms with E-state index < -0.39 is 0 Å². The van der Waals surface area contributed by atoms with Crippen LogP contribution < -0.4 is 0 Å². The Morgan fingerprint density at radius 3 is 2.22 bits per heavy atom. The van der Waals surface area contributed by atoms with Crippen LogP contribution in [0, 0.1) is 5.92 Å². The van der Waals surface area contributed by atoms with E-state index in [4.69, 9.17) is 0 Å². The highest BCUT2D eigenvalue weighted by molar-refractivity contribution is 5.53. The lowest BCUT2D eigenvalue weighted by Crippen LogP contribution is -2.12. The summed E-state index contributed by atoms with van der Waals surface area (Å²) >= 11 is 0. The van der Waals surface area contributed by atoms with Gasteiger partial charge >= 0.3 is 0 Å².